The van der Waals surface area contributed by atoms with Crippen molar-refractivity contribution in [1.82, 2.24) is 14.7 Å². The van der Waals surface area contributed by atoms with E-state index in [0.29, 0.717) is 13.0 Å². The number of carbonyl (C=O) groups is 2. The van der Waals surface area contributed by atoms with Gasteiger partial charge in [0.1, 0.15) is 0 Å². The van der Waals surface area contributed by atoms with Gasteiger partial charge in [-0.05, 0) is 43.7 Å². The summed E-state index contributed by atoms with van der Waals surface area (Å²) in [6.45, 7) is 5.98. The lowest BCUT2D eigenvalue weighted by Crippen LogP contribution is -2.28. The van der Waals surface area contributed by atoms with E-state index in [9.17, 15) is 9.59 Å². The number of nitrogens with zero attached hydrogens (tertiary/aromatic N) is 3. The number of benzene rings is 2. The Morgan fingerprint density at radius 3 is 2.31 bits per heavy atom. The fourth-order valence-electron chi connectivity index (χ4n) is 3.27. The maximum absolute atomic E-state index is 12.7. The lowest BCUT2D eigenvalue weighted by atomic mass is 10.1. The number of likely N-dealkylation sites (N-methyl/N-ethyl adjacent to an activating group) is 1. The van der Waals surface area contributed by atoms with E-state index in [0.717, 1.165) is 33.9 Å². The number of amides is 2. The molecule has 3 rings (SSSR count). The van der Waals surface area contributed by atoms with Gasteiger partial charge in [0, 0.05) is 37.5 Å². The number of hydrogen-bond donors (Lipinski definition) is 1. The molecule has 6 heteroatoms. The number of nitrogens with one attached hydrogen (secondary N) is 1. The molecule has 1 N–H and O–H groups in total. The summed E-state index contributed by atoms with van der Waals surface area (Å²) in [6.07, 6.45) is 0.307. The molecule has 150 valence electrons. The van der Waals surface area contributed by atoms with Crippen molar-refractivity contribution in [1.29, 1.82) is 0 Å². The Bertz CT molecular complexity index is 1010. The van der Waals surface area contributed by atoms with Gasteiger partial charge in [-0.2, -0.15) is 5.10 Å². The molecule has 0 aliphatic heterocycles. The summed E-state index contributed by atoms with van der Waals surface area (Å²) in [6, 6.07) is 17.3. The standard InChI is InChI=1S/C23H26N4O2/c1-16-22(17(2)27(25-16)21-8-6-5-7-9-21)15-26(4)23(29)14-19-10-12-20(13-11-19)24-18(3)28/h5-13H,14-15H2,1-4H3,(H,24,28). The molecule has 2 aromatic carbocycles. The molecule has 0 radical (unpaired) electrons. The van der Waals surface area contributed by atoms with Crippen molar-refractivity contribution >= 4 is 17.5 Å². The Hall–Kier alpha value is -3.41. The Labute approximate surface area is 171 Å². The molecule has 0 atom stereocenters. The van der Waals surface area contributed by atoms with Gasteiger partial charge in [-0.3, -0.25) is 9.59 Å². The predicted octanol–water partition coefficient (Wildman–Crippen LogP) is 3.65. The highest BCUT2D eigenvalue weighted by atomic mass is 16.2. The minimum atomic E-state index is -0.115. The van der Waals surface area contributed by atoms with Crippen LogP contribution >= 0.6 is 0 Å². The van der Waals surface area contributed by atoms with E-state index in [1.807, 2.05) is 80.2 Å². The Morgan fingerprint density at radius 2 is 1.69 bits per heavy atom. The minimum Gasteiger partial charge on any atom is -0.341 e. The van der Waals surface area contributed by atoms with Gasteiger partial charge in [-0.1, -0.05) is 30.3 Å². The summed E-state index contributed by atoms with van der Waals surface area (Å²) in [5.41, 5.74) is 5.66. The number of rotatable bonds is 6. The van der Waals surface area contributed by atoms with Gasteiger partial charge in [0.25, 0.3) is 0 Å². The third kappa shape index (κ3) is 4.90. The smallest absolute Gasteiger partial charge is 0.227 e. The zero-order chi connectivity index (χ0) is 21.0. The number of carbonyl (C=O) groups excluding carboxylic acids is 2. The van der Waals surface area contributed by atoms with E-state index in [1.54, 1.807) is 4.90 Å². The van der Waals surface area contributed by atoms with Gasteiger partial charge >= 0.3 is 0 Å². The maximum Gasteiger partial charge on any atom is 0.227 e. The molecule has 0 spiro atoms. The SMILES string of the molecule is CC(=O)Nc1ccc(CC(=O)N(C)Cc2c(C)nn(-c3ccccc3)c2C)cc1. The van der Waals surface area contributed by atoms with Crippen molar-refractivity contribution in [2.45, 2.75) is 33.7 Å². The average molecular weight is 390 g/mol. The van der Waals surface area contributed by atoms with Crippen LogP contribution in [0.15, 0.2) is 54.6 Å². The molecular weight excluding hydrogens is 364 g/mol. The van der Waals surface area contributed by atoms with E-state index >= 15 is 0 Å². The molecule has 0 fully saturated rings. The summed E-state index contributed by atoms with van der Waals surface area (Å²) in [4.78, 5) is 25.5. The molecule has 1 heterocycles. The summed E-state index contributed by atoms with van der Waals surface area (Å²) < 4.78 is 1.92. The molecule has 0 aliphatic rings. The number of para-hydroxylation sites is 1. The van der Waals surface area contributed by atoms with Gasteiger partial charge in [-0.25, -0.2) is 4.68 Å². The first-order chi connectivity index (χ1) is 13.8. The maximum atomic E-state index is 12.7. The Kier molecular flexibility index (Phi) is 6.12. The fourth-order valence-corrected chi connectivity index (χ4v) is 3.27. The molecule has 29 heavy (non-hydrogen) atoms. The van der Waals surface area contributed by atoms with E-state index in [-0.39, 0.29) is 11.8 Å². The van der Waals surface area contributed by atoms with E-state index in [1.165, 1.54) is 6.92 Å². The van der Waals surface area contributed by atoms with Gasteiger partial charge < -0.3 is 10.2 Å². The second kappa shape index (κ2) is 8.73. The van der Waals surface area contributed by atoms with Crippen LogP contribution in [0, 0.1) is 13.8 Å². The summed E-state index contributed by atoms with van der Waals surface area (Å²) in [5.74, 6) is -0.0844. The van der Waals surface area contributed by atoms with E-state index in [4.69, 9.17) is 0 Å². The van der Waals surface area contributed by atoms with Crippen LogP contribution in [0.5, 0.6) is 0 Å². The van der Waals surface area contributed by atoms with Crippen LogP contribution < -0.4 is 5.32 Å². The fraction of sp³-hybridized carbons (Fsp3) is 0.261. The highest BCUT2D eigenvalue weighted by Gasteiger charge is 2.17. The second-order valence-electron chi connectivity index (χ2n) is 7.20. The molecule has 0 saturated heterocycles. The third-order valence-corrected chi connectivity index (χ3v) is 4.89. The van der Waals surface area contributed by atoms with Crippen molar-refractivity contribution < 1.29 is 9.59 Å². The van der Waals surface area contributed by atoms with E-state index < -0.39 is 0 Å². The quantitative estimate of drug-likeness (QED) is 0.699. The summed E-state index contributed by atoms with van der Waals surface area (Å²) in [5, 5.41) is 7.38. The topological polar surface area (TPSA) is 67.2 Å². The van der Waals surface area contributed by atoms with Crippen LogP contribution in [0.3, 0.4) is 0 Å². The van der Waals surface area contributed by atoms with Crippen molar-refractivity contribution in [2.75, 3.05) is 12.4 Å². The number of aromatic nitrogens is 2. The van der Waals surface area contributed by atoms with Crippen LogP contribution in [-0.4, -0.2) is 33.5 Å². The first-order valence-corrected chi connectivity index (χ1v) is 9.56. The van der Waals surface area contributed by atoms with Crippen molar-refractivity contribution in [3.8, 4) is 5.69 Å². The molecule has 2 amide bonds. The highest BCUT2D eigenvalue weighted by molar-refractivity contribution is 5.88. The molecule has 0 saturated carbocycles. The van der Waals surface area contributed by atoms with Gasteiger partial charge in [-0.15, -0.1) is 0 Å². The molecule has 1 aromatic heterocycles. The predicted molar refractivity (Wildman–Crippen MR) is 114 cm³/mol. The molecule has 0 bridgehead atoms. The summed E-state index contributed by atoms with van der Waals surface area (Å²) >= 11 is 0. The molecule has 3 aromatic rings. The Morgan fingerprint density at radius 1 is 1.03 bits per heavy atom. The molecule has 0 unspecified atom stereocenters. The first kappa shape index (κ1) is 20.3. The van der Waals surface area contributed by atoms with Crippen LogP contribution in [0.2, 0.25) is 0 Å². The van der Waals surface area contributed by atoms with Gasteiger partial charge in [0.2, 0.25) is 11.8 Å². The van der Waals surface area contributed by atoms with Gasteiger partial charge in [0.15, 0.2) is 0 Å². The van der Waals surface area contributed by atoms with Crippen molar-refractivity contribution in [2.24, 2.45) is 0 Å². The van der Waals surface area contributed by atoms with Crippen LogP contribution in [0.1, 0.15) is 29.4 Å². The van der Waals surface area contributed by atoms with E-state index in [2.05, 4.69) is 10.4 Å². The largest absolute Gasteiger partial charge is 0.341 e. The minimum absolute atomic E-state index is 0.0311. The van der Waals surface area contributed by atoms with Crippen LogP contribution in [0.25, 0.3) is 5.69 Å². The Balaban J connectivity index is 1.68. The monoisotopic (exact) mass is 390 g/mol. The molecule has 0 aliphatic carbocycles. The normalized spacial score (nSPS) is 10.6. The van der Waals surface area contributed by atoms with Crippen LogP contribution in [-0.2, 0) is 22.6 Å². The van der Waals surface area contributed by atoms with Crippen molar-refractivity contribution in [3.63, 3.8) is 0 Å². The van der Waals surface area contributed by atoms with Crippen molar-refractivity contribution in [3.05, 3.63) is 77.1 Å². The van der Waals surface area contributed by atoms with Gasteiger partial charge in [0.05, 0.1) is 17.8 Å². The first-order valence-electron chi connectivity index (χ1n) is 9.56. The molecular formula is C23H26N4O2. The second-order valence-corrected chi connectivity index (χ2v) is 7.20. The molecule has 6 nitrogen and oxygen atoms in total. The third-order valence-electron chi connectivity index (χ3n) is 4.89. The average Bonchev–Trinajstić information content (AvgIpc) is 2.98. The lowest BCUT2D eigenvalue weighted by molar-refractivity contribution is -0.129. The summed E-state index contributed by atoms with van der Waals surface area (Å²) in [7, 11) is 1.81. The highest BCUT2D eigenvalue weighted by Crippen LogP contribution is 2.20. The zero-order valence-electron chi connectivity index (χ0n) is 17.3. The number of aryl methyl sites for hydroxylation is 1. The lowest BCUT2D eigenvalue weighted by Gasteiger charge is -2.18. The number of anilines is 1. The van der Waals surface area contributed by atoms with Crippen LogP contribution in [0.4, 0.5) is 5.69 Å². The number of hydrogen-bond acceptors (Lipinski definition) is 3. The zero-order valence-corrected chi connectivity index (χ0v) is 17.3.